The lowest BCUT2D eigenvalue weighted by atomic mass is 10.3. The van der Waals surface area contributed by atoms with E-state index in [1.165, 1.54) is 24.4 Å². The Morgan fingerprint density at radius 2 is 1.83 bits per heavy atom. The van der Waals surface area contributed by atoms with E-state index >= 15 is 0 Å². The molecule has 0 saturated carbocycles. The van der Waals surface area contributed by atoms with Crippen molar-refractivity contribution in [1.29, 1.82) is 0 Å². The number of rotatable bonds is 7. The van der Waals surface area contributed by atoms with E-state index in [2.05, 4.69) is 5.32 Å². The van der Waals surface area contributed by atoms with E-state index in [4.69, 9.17) is 9.47 Å². The summed E-state index contributed by atoms with van der Waals surface area (Å²) >= 11 is 0. The van der Waals surface area contributed by atoms with Crippen LogP contribution >= 0.6 is 0 Å². The molecule has 2 aromatic rings. The quantitative estimate of drug-likeness (QED) is 0.351. The Balaban J connectivity index is 1.65. The Bertz CT molecular complexity index is 661. The maximum absolute atomic E-state index is 11.6. The van der Waals surface area contributed by atoms with Crippen LogP contribution in [0.1, 0.15) is 10.5 Å². The summed E-state index contributed by atoms with van der Waals surface area (Å²) < 4.78 is 10.6. The summed E-state index contributed by atoms with van der Waals surface area (Å²) in [6, 6.07) is 13.5. The van der Waals surface area contributed by atoms with Gasteiger partial charge in [0.25, 0.3) is 5.91 Å². The number of aromatic nitrogens is 1. The topological polar surface area (TPSA) is 91.6 Å². The van der Waals surface area contributed by atoms with Crippen molar-refractivity contribution < 1.29 is 23.8 Å². The van der Waals surface area contributed by atoms with Crippen molar-refractivity contribution >= 4 is 11.9 Å². The number of hydrogen-bond donors (Lipinski definition) is 1. The molecule has 0 bridgehead atoms. The monoisotopic (exact) mass is 316 g/mol. The first kappa shape index (κ1) is 16.3. The van der Waals surface area contributed by atoms with E-state index in [0.29, 0.717) is 17.1 Å². The number of hydrogen-bond acceptors (Lipinski definition) is 5. The van der Waals surface area contributed by atoms with Gasteiger partial charge in [0.05, 0.1) is 6.54 Å². The number of benzene rings is 1. The first-order valence-electron chi connectivity index (χ1n) is 6.96. The molecule has 7 heteroatoms. The second-order valence-corrected chi connectivity index (χ2v) is 4.50. The molecule has 1 heterocycles. The van der Waals surface area contributed by atoms with Gasteiger partial charge < -0.3 is 20.0 Å². The van der Waals surface area contributed by atoms with E-state index in [9.17, 15) is 14.8 Å². The molecule has 0 radical (unpaired) electrons. The Hall–Kier alpha value is -3.09. The SMILES string of the molecule is O=C(COC(=O)c1cccc[n+]1[O-])NCCOc1ccccc1. The van der Waals surface area contributed by atoms with Crippen molar-refractivity contribution in [3.63, 3.8) is 0 Å². The van der Waals surface area contributed by atoms with Gasteiger partial charge >= 0.3 is 11.7 Å². The van der Waals surface area contributed by atoms with Crippen LogP contribution in [0.15, 0.2) is 54.7 Å². The summed E-state index contributed by atoms with van der Waals surface area (Å²) in [5.41, 5.74) is -0.173. The first-order chi connectivity index (χ1) is 11.2. The zero-order valence-electron chi connectivity index (χ0n) is 12.3. The van der Waals surface area contributed by atoms with Crippen molar-refractivity contribution in [2.75, 3.05) is 19.8 Å². The maximum atomic E-state index is 11.6. The molecule has 1 aromatic heterocycles. The molecule has 0 aliphatic rings. The standard InChI is InChI=1S/C16H16N2O5/c19-15(17-9-11-22-13-6-2-1-3-7-13)12-23-16(20)14-8-4-5-10-18(14)21/h1-8,10H,9,11-12H2,(H,17,19). The van der Waals surface area contributed by atoms with Gasteiger partial charge in [-0.15, -0.1) is 0 Å². The molecule has 0 fully saturated rings. The smallest absolute Gasteiger partial charge is 0.405 e. The molecule has 1 amide bonds. The number of para-hydroxylation sites is 1. The minimum atomic E-state index is -0.851. The molecule has 23 heavy (non-hydrogen) atoms. The predicted octanol–water partition coefficient (Wildman–Crippen LogP) is 0.672. The van der Waals surface area contributed by atoms with E-state index in [1.54, 1.807) is 0 Å². The van der Waals surface area contributed by atoms with Crippen molar-refractivity contribution in [2.24, 2.45) is 0 Å². The molecule has 0 aliphatic heterocycles. The summed E-state index contributed by atoms with van der Waals surface area (Å²) in [6.07, 6.45) is 1.18. The Morgan fingerprint density at radius 3 is 2.57 bits per heavy atom. The zero-order chi connectivity index (χ0) is 16.5. The van der Waals surface area contributed by atoms with Crippen molar-refractivity contribution in [2.45, 2.75) is 0 Å². The normalized spacial score (nSPS) is 9.91. The van der Waals surface area contributed by atoms with Crippen LogP contribution in [-0.2, 0) is 9.53 Å². The van der Waals surface area contributed by atoms with Crippen LogP contribution in [0, 0.1) is 5.21 Å². The lowest BCUT2D eigenvalue weighted by Gasteiger charge is -2.08. The molecule has 0 atom stereocenters. The lowest BCUT2D eigenvalue weighted by Crippen LogP contribution is -2.36. The molecule has 120 valence electrons. The third-order valence-electron chi connectivity index (χ3n) is 2.80. The van der Waals surface area contributed by atoms with E-state index in [1.807, 2.05) is 30.3 Å². The van der Waals surface area contributed by atoms with Gasteiger partial charge in [0, 0.05) is 12.1 Å². The number of amides is 1. The van der Waals surface area contributed by atoms with Gasteiger partial charge in [-0.3, -0.25) is 4.79 Å². The largest absolute Gasteiger partial charge is 0.618 e. The Morgan fingerprint density at radius 1 is 1.09 bits per heavy atom. The van der Waals surface area contributed by atoms with Gasteiger partial charge in [0.2, 0.25) is 0 Å². The van der Waals surface area contributed by atoms with Crippen LogP contribution in [0.3, 0.4) is 0 Å². The maximum Gasteiger partial charge on any atom is 0.405 e. The van der Waals surface area contributed by atoms with Crippen LogP contribution in [0.5, 0.6) is 5.75 Å². The second kappa shape index (κ2) is 8.38. The number of pyridine rings is 1. The fourth-order valence-electron chi connectivity index (χ4n) is 1.72. The average Bonchev–Trinajstić information content (AvgIpc) is 2.58. The number of ether oxygens (including phenoxy) is 2. The highest BCUT2D eigenvalue weighted by molar-refractivity contribution is 5.88. The molecule has 0 spiro atoms. The zero-order valence-corrected chi connectivity index (χ0v) is 12.3. The third kappa shape index (κ3) is 5.31. The number of nitrogens with one attached hydrogen (secondary N) is 1. The third-order valence-corrected chi connectivity index (χ3v) is 2.80. The van der Waals surface area contributed by atoms with Gasteiger partial charge in [-0.25, -0.2) is 4.79 Å². The number of carbonyl (C=O) groups excluding carboxylic acids is 2. The van der Waals surface area contributed by atoms with E-state index in [0.717, 1.165) is 0 Å². The van der Waals surface area contributed by atoms with Crippen LogP contribution < -0.4 is 14.8 Å². The molecule has 0 aliphatic carbocycles. The number of esters is 1. The number of carbonyl (C=O) groups is 2. The van der Waals surface area contributed by atoms with E-state index < -0.39 is 18.5 Å². The highest BCUT2D eigenvalue weighted by Crippen LogP contribution is 2.07. The van der Waals surface area contributed by atoms with Crippen LogP contribution in [0.25, 0.3) is 0 Å². The molecule has 2 rings (SSSR count). The van der Waals surface area contributed by atoms with Crippen molar-refractivity contribution in [1.82, 2.24) is 5.32 Å². The average molecular weight is 316 g/mol. The lowest BCUT2D eigenvalue weighted by molar-refractivity contribution is -0.608. The molecule has 1 aromatic carbocycles. The van der Waals surface area contributed by atoms with Gasteiger partial charge in [0.1, 0.15) is 12.4 Å². The summed E-state index contributed by atoms with van der Waals surface area (Å²) in [5, 5.41) is 13.9. The van der Waals surface area contributed by atoms with Crippen LogP contribution in [-0.4, -0.2) is 31.6 Å². The fraction of sp³-hybridized carbons (Fsp3) is 0.188. The minimum Gasteiger partial charge on any atom is -0.618 e. The summed E-state index contributed by atoms with van der Waals surface area (Å²) in [5.74, 6) is -0.614. The molecule has 1 N–H and O–H groups in total. The molecule has 7 nitrogen and oxygen atoms in total. The van der Waals surface area contributed by atoms with Crippen molar-refractivity contribution in [3.05, 3.63) is 65.6 Å². The minimum absolute atomic E-state index is 0.173. The molecule has 0 unspecified atom stereocenters. The van der Waals surface area contributed by atoms with Gasteiger partial charge in [-0.2, -0.15) is 4.73 Å². The molecular formula is C16H16N2O5. The highest BCUT2D eigenvalue weighted by Gasteiger charge is 2.17. The summed E-state index contributed by atoms with van der Waals surface area (Å²) in [4.78, 5) is 23.2. The van der Waals surface area contributed by atoms with Crippen LogP contribution in [0.4, 0.5) is 0 Å². The van der Waals surface area contributed by atoms with Crippen LogP contribution in [0.2, 0.25) is 0 Å². The summed E-state index contributed by atoms with van der Waals surface area (Å²) in [7, 11) is 0. The van der Waals surface area contributed by atoms with E-state index in [-0.39, 0.29) is 12.2 Å². The van der Waals surface area contributed by atoms with Crippen molar-refractivity contribution in [3.8, 4) is 5.75 Å². The molecule has 0 saturated heterocycles. The second-order valence-electron chi connectivity index (χ2n) is 4.50. The van der Waals surface area contributed by atoms with Gasteiger partial charge in [-0.1, -0.05) is 18.2 Å². The Labute approximate surface area is 133 Å². The fourth-order valence-corrected chi connectivity index (χ4v) is 1.72. The highest BCUT2D eigenvalue weighted by atomic mass is 16.5. The molecular weight excluding hydrogens is 300 g/mol. The van der Waals surface area contributed by atoms with Gasteiger partial charge in [0.15, 0.2) is 12.8 Å². The summed E-state index contributed by atoms with van der Waals surface area (Å²) in [6.45, 7) is 0.111. The Kier molecular flexibility index (Phi) is 5.93. The first-order valence-corrected chi connectivity index (χ1v) is 6.96. The number of nitrogens with zero attached hydrogens (tertiary/aromatic N) is 1. The predicted molar refractivity (Wildman–Crippen MR) is 80.6 cm³/mol. The van der Waals surface area contributed by atoms with Gasteiger partial charge in [-0.05, 0) is 18.2 Å².